The van der Waals surface area contributed by atoms with Gasteiger partial charge in [0.2, 0.25) is 10.0 Å². The molecule has 1 saturated heterocycles. The van der Waals surface area contributed by atoms with Crippen molar-refractivity contribution in [3.8, 4) is 0 Å². The summed E-state index contributed by atoms with van der Waals surface area (Å²) in [5.74, 6) is 0.328. The maximum Gasteiger partial charge on any atom is 0.256 e. The first-order chi connectivity index (χ1) is 11.3. The molecule has 1 amide bonds. The summed E-state index contributed by atoms with van der Waals surface area (Å²) in [5, 5.41) is 9.42. The summed E-state index contributed by atoms with van der Waals surface area (Å²) in [4.78, 5) is 14.8. The van der Waals surface area contributed by atoms with Crippen molar-refractivity contribution in [1.29, 1.82) is 0 Å². The van der Waals surface area contributed by atoms with Gasteiger partial charge in [-0.15, -0.1) is 0 Å². The van der Waals surface area contributed by atoms with Gasteiger partial charge in [-0.05, 0) is 43.4 Å². The molecule has 2 aliphatic heterocycles. The fourth-order valence-corrected chi connectivity index (χ4v) is 5.94. The van der Waals surface area contributed by atoms with Crippen LogP contribution in [0.4, 0.5) is 0 Å². The van der Waals surface area contributed by atoms with E-state index in [4.69, 9.17) is 0 Å². The molecule has 1 aromatic rings. The van der Waals surface area contributed by atoms with E-state index in [-0.39, 0.29) is 29.9 Å². The SMILES string of the molecule is C[C@@H](C1CC1)N1Cc2cc(Br)cc(S(=O)(=O)N3CC(O)C3)c2C1=O. The molecule has 1 aliphatic carbocycles. The van der Waals surface area contributed by atoms with Crippen LogP contribution in [0.25, 0.3) is 0 Å². The third-order valence-corrected chi connectivity index (χ3v) is 7.52. The topological polar surface area (TPSA) is 77.9 Å². The zero-order chi connectivity index (χ0) is 17.2. The Bertz CT molecular complexity index is 816. The van der Waals surface area contributed by atoms with Crippen LogP contribution in [0.2, 0.25) is 0 Å². The van der Waals surface area contributed by atoms with Gasteiger partial charge in [0.1, 0.15) is 0 Å². The summed E-state index contributed by atoms with van der Waals surface area (Å²) in [6.45, 7) is 2.66. The zero-order valence-electron chi connectivity index (χ0n) is 13.3. The number of carbonyl (C=O) groups excluding carboxylic acids is 1. The average molecular weight is 415 g/mol. The van der Waals surface area contributed by atoms with Crippen LogP contribution in [0.15, 0.2) is 21.5 Å². The molecule has 6 nitrogen and oxygen atoms in total. The monoisotopic (exact) mass is 414 g/mol. The van der Waals surface area contributed by atoms with Gasteiger partial charge >= 0.3 is 0 Å². The van der Waals surface area contributed by atoms with E-state index in [1.807, 2.05) is 13.0 Å². The smallest absolute Gasteiger partial charge is 0.256 e. The summed E-state index contributed by atoms with van der Waals surface area (Å²) in [5.41, 5.74) is 1.05. The average Bonchev–Trinajstić information content (AvgIpc) is 3.27. The second kappa shape index (κ2) is 5.52. The summed E-state index contributed by atoms with van der Waals surface area (Å²) in [6, 6.07) is 3.46. The second-order valence-corrected chi connectivity index (χ2v) is 9.75. The number of amides is 1. The maximum absolute atomic E-state index is 12.9. The standard InChI is InChI=1S/C16H19BrN2O4S/c1-9(10-2-3-10)19-6-11-4-12(17)5-14(15(11)16(19)21)24(22,23)18-7-13(20)8-18/h4-5,9-10,13,20H,2-3,6-8H2,1H3/t9-/m0/s1. The lowest BCUT2D eigenvalue weighted by molar-refractivity contribution is 0.0547. The first-order valence-corrected chi connectivity index (χ1v) is 10.3. The molecular weight excluding hydrogens is 396 g/mol. The Hall–Kier alpha value is -0.960. The van der Waals surface area contributed by atoms with Crippen LogP contribution >= 0.6 is 15.9 Å². The summed E-state index contributed by atoms with van der Waals surface area (Å²) >= 11 is 3.37. The van der Waals surface area contributed by atoms with Crippen LogP contribution in [-0.2, 0) is 16.6 Å². The Kier molecular flexibility index (Phi) is 3.80. The molecule has 4 rings (SSSR count). The maximum atomic E-state index is 12.9. The van der Waals surface area contributed by atoms with Gasteiger partial charge in [0.25, 0.3) is 5.91 Å². The number of aliphatic hydroxyl groups excluding tert-OH is 1. The zero-order valence-corrected chi connectivity index (χ0v) is 15.7. The van der Waals surface area contributed by atoms with Gasteiger partial charge in [-0.2, -0.15) is 4.31 Å². The lowest BCUT2D eigenvalue weighted by atomic mass is 10.1. The number of fused-ring (bicyclic) bond motifs is 1. The summed E-state index contributed by atoms with van der Waals surface area (Å²) in [6.07, 6.45) is 1.63. The van der Waals surface area contributed by atoms with Gasteiger partial charge in [-0.1, -0.05) is 15.9 Å². The molecular formula is C16H19BrN2O4S. The van der Waals surface area contributed by atoms with Crippen LogP contribution in [-0.4, -0.2) is 53.9 Å². The Labute approximate surface area is 149 Å². The largest absolute Gasteiger partial charge is 0.390 e. The number of aliphatic hydroxyl groups is 1. The lowest BCUT2D eigenvalue weighted by Gasteiger charge is -2.35. The number of hydrogen-bond acceptors (Lipinski definition) is 4. The van der Waals surface area contributed by atoms with Crippen molar-refractivity contribution < 1.29 is 18.3 Å². The van der Waals surface area contributed by atoms with Gasteiger partial charge in [-0.3, -0.25) is 4.79 Å². The number of halogens is 1. The minimum absolute atomic E-state index is 0.0503. The molecule has 0 bridgehead atoms. The van der Waals surface area contributed by atoms with Crippen molar-refractivity contribution in [2.75, 3.05) is 13.1 Å². The highest BCUT2D eigenvalue weighted by Crippen LogP contribution is 2.40. The van der Waals surface area contributed by atoms with Crippen molar-refractivity contribution in [3.63, 3.8) is 0 Å². The van der Waals surface area contributed by atoms with E-state index in [9.17, 15) is 18.3 Å². The minimum Gasteiger partial charge on any atom is -0.390 e. The molecule has 1 N–H and O–H groups in total. The summed E-state index contributed by atoms with van der Waals surface area (Å²) < 4.78 is 27.6. The van der Waals surface area contributed by atoms with E-state index in [1.54, 1.807) is 4.90 Å². The quantitative estimate of drug-likeness (QED) is 0.810. The molecule has 0 spiro atoms. The highest BCUT2D eigenvalue weighted by atomic mass is 79.9. The third kappa shape index (κ3) is 2.51. The Morgan fingerprint density at radius 1 is 1.29 bits per heavy atom. The van der Waals surface area contributed by atoms with Gasteiger partial charge in [-0.25, -0.2) is 8.42 Å². The number of hydrogen-bond donors (Lipinski definition) is 1. The van der Waals surface area contributed by atoms with Crippen molar-refractivity contribution in [2.45, 2.75) is 43.4 Å². The molecule has 1 aromatic carbocycles. The number of sulfonamides is 1. The van der Waals surface area contributed by atoms with Gasteiger partial charge in [0.15, 0.2) is 0 Å². The van der Waals surface area contributed by atoms with Crippen LogP contribution in [0.5, 0.6) is 0 Å². The van der Waals surface area contributed by atoms with E-state index in [1.165, 1.54) is 10.4 Å². The predicted octanol–water partition coefficient (Wildman–Crippen LogP) is 1.57. The van der Waals surface area contributed by atoms with Crippen molar-refractivity contribution in [2.24, 2.45) is 5.92 Å². The number of benzene rings is 1. The van der Waals surface area contributed by atoms with Crippen molar-refractivity contribution >= 4 is 31.9 Å². The first-order valence-electron chi connectivity index (χ1n) is 8.10. The van der Waals surface area contributed by atoms with E-state index >= 15 is 0 Å². The van der Waals surface area contributed by atoms with Gasteiger partial charge in [0.05, 0.1) is 16.6 Å². The molecule has 2 fully saturated rings. The lowest BCUT2D eigenvalue weighted by Crippen LogP contribution is -2.53. The van der Waals surface area contributed by atoms with E-state index < -0.39 is 16.1 Å². The Balaban J connectivity index is 1.75. The Morgan fingerprint density at radius 2 is 1.96 bits per heavy atom. The van der Waals surface area contributed by atoms with Crippen LogP contribution in [0.3, 0.4) is 0 Å². The Morgan fingerprint density at radius 3 is 2.54 bits per heavy atom. The fraction of sp³-hybridized carbons (Fsp3) is 0.562. The predicted molar refractivity (Wildman–Crippen MR) is 91.0 cm³/mol. The van der Waals surface area contributed by atoms with Crippen molar-refractivity contribution in [1.82, 2.24) is 9.21 Å². The number of nitrogens with zero attached hydrogens (tertiary/aromatic N) is 2. The van der Waals surface area contributed by atoms with Crippen molar-refractivity contribution in [3.05, 3.63) is 27.7 Å². The van der Waals surface area contributed by atoms with Crippen LogP contribution < -0.4 is 0 Å². The van der Waals surface area contributed by atoms with E-state index in [0.29, 0.717) is 22.5 Å². The fourth-order valence-electron chi connectivity index (χ4n) is 3.52. The highest BCUT2D eigenvalue weighted by molar-refractivity contribution is 9.10. The molecule has 0 aromatic heterocycles. The molecule has 0 unspecified atom stereocenters. The molecule has 24 heavy (non-hydrogen) atoms. The normalized spacial score (nSPS) is 23.3. The number of rotatable bonds is 4. The molecule has 1 atom stereocenters. The van der Waals surface area contributed by atoms with Gasteiger partial charge < -0.3 is 10.0 Å². The van der Waals surface area contributed by atoms with E-state index in [0.717, 1.165) is 18.4 Å². The van der Waals surface area contributed by atoms with Gasteiger partial charge in [0, 0.05) is 30.1 Å². The molecule has 0 radical (unpaired) electrons. The third-order valence-electron chi connectivity index (χ3n) is 5.21. The number of carbonyl (C=O) groups is 1. The molecule has 130 valence electrons. The van der Waals surface area contributed by atoms with Crippen LogP contribution in [0, 0.1) is 5.92 Å². The molecule has 2 heterocycles. The number of β-amino-alcohol motifs (C(OH)–C–C–N with tert-alkyl or cyclic N) is 1. The van der Waals surface area contributed by atoms with Crippen LogP contribution in [0.1, 0.15) is 35.7 Å². The molecule has 1 saturated carbocycles. The first kappa shape index (κ1) is 16.5. The summed E-state index contributed by atoms with van der Waals surface area (Å²) in [7, 11) is -3.77. The molecule has 3 aliphatic rings. The minimum atomic E-state index is -3.77. The highest BCUT2D eigenvalue weighted by Gasteiger charge is 2.43. The molecule has 8 heteroatoms. The van der Waals surface area contributed by atoms with E-state index in [2.05, 4.69) is 15.9 Å². The second-order valence-electron chi connectivity index (χ2n) is 6.92.